The molecule has 0 aliphatic carbocycles. The highest BCUT2D eigenvalue weighted by Crippen LogP contribution is 2.31. The molecule has 1 rings (SSSR count). The molecule has 5 heteroatoms. The minimum atomic E-state index is -4.34. The van der Waals surface area contributed by atoms with Crippen molar-refractivity contribution in [2.24, 2.45) is 5.92 Å². The maximum atomic E-state index is 12.4. The summed E-state index contributed by atoms with van der Waals surface area (Å²) >= 11 is 5.56. The first-order chi connectivity index (χ1) is 7.43. The van der Waals surface area contributed by atoms with Crippen LogP contribution in [0.25, 0.3) is 0 Å². The van der Waals surface area contributed by atoms with Gasteiger partial charge in [-0.2, -0.15) is 13.2 Å². The van der Waals surface area contributed by atoms with Gasteiger partial charge in [0.15, 0.2) is 0 Å². The molecule has 0 amide bonds. The third-order valence-corrected chi connectivity index (χ3v) is 2.49. The minimum Gasteiger partial charge on any atom is -0.493 e. The van der Waals surface area contributed by atoms with Crippen LogP contribution in [0, 0.1) is 5.92 Å². The smallest absolute Gasteiger partial charge is 0.416 e. The Balaban J connectivity index is 2.68. The second kappa shape index (κ2) is 5.43. The van der Waals surface area contributed by atoms with Gasteiger partial charge < -0.3 is 4.74 Å². The summed E-state index contributed by atoms with van der Waals surface area (Å²) in [6.45, 7) is 2.17. The van der Waals surface area contributed by atoms with Gasteiger partial charge in [-0.3, -0.25) is 0 Å². The van der Waals surface area contributed by atoms with Crippen LogP contribution in [-0.4, -0.2) is 12.5 Å². The second-order valence-corrected chi connectivity index (χ2v) is 3.90. The lowest BCUT2D eigenvalue weighted by Crippen LogP contribution is -2.10. The van der Waals surface area contributed by atoms with Crippen LogP contribution in [0.5, 0.6) is 5.75 Å². The van der Waals surface area contributed by atoms with E-state index in [1.54, 1.807) is 0 Å². The molecule has 0 heterocycles. The average molecular weight is 253 g/mol. The van der Waals surface area contributed by atoms with Crippen LogP contribution in [0.2, 0.25) is 0 Å². The topological polar surface area (TPSA) is 9.23 Å². The van der Waals surface area contributed by atoms with Crippen molar-refractivity contribution in [1.29, 1.82) is 0 Å². The molecule has 0 fully saturated rings. The molecule has 0 N–H and O–H groups in total. The quantitative estimate of drug-likeness (QED) is 0.737. The molecule has 1 aromatic rings. The monoisotopic (exact) mass is 252 g/mol. The summed E-state index contributed by atoms with van der Waals surface area (Å²) in [6, 6.07) is 4.82. The normalized spacial score (nSPS) is 13.6. The lowest BCUT2D eigenvalue weighted by atomic mass is 10.2. The lowest BCUT2D eigenvalue weighted by Gasteiger charge is -2.12. The summed E-state index contributed by atoms with van der Waals surface area (Å²) in [5.74, 6) is 0.738. The minimum absolute atomic E-state index is 0.108. The van der Waals surface area contributed by atoms with E-state index < -0.39 is 11.7 Å². The molecule has 1 nitrogen and oxygen atoms in total. The summed E-state index contributed by atoms with van der Waals surface area (Å²) < 4.78 is 42.3. The Morgan fingerprint density at radius 1 is 1.38 bits per heavy atom. The first-order valence-corrected chi connectivity index (χ1v) is 5.33. The van der Waals surface area contributed by atoms with Gasteiger partial charge in [0.2, 0.25) is 0 Å². The van der Waals surface area contributed by atoms with Gasteiger partial charge >= 0.3 is 6.18 Å². The third kappa shape index (κ3) is 3.93. The van der Waals surface area contributed by atoms with Crippen LogP contribution in [0.4, 0.5) is 13.2 Å². The van der Waals surface area contributed by atoms with E-state index in [4.69, 9.17) is 16.3 Å². The molecule has 1 unspecified atom stereocenters. The summed E-state index contributed by atoms with van der Waals surface area (Å²) in [5.41, 5.74) is -0.705. The van der Waals surface area contributed by atoms with Crippen LogP contribution >= 0.6 is 11.6 Å². The Labute approximate surface area is 97.2 Å². The summed E-state index contributed by atoms with van der Waals surface area (Å²) in [6.07, 6.45) is -4.34. The van der Waals surface area contributed by atoms with E-state index in [0.717, 1.165) is 12.1 Å². The molecule has 16 heavy (non-hydrogen) atoms. The van der Waals surface area contributed by atoms with Gasteiger partial charge in [-0.05, 0) is 18.2 Å². The molecule has 1 atom stereocenters. The fourth-order valence-corrected chi connectivity index (χ4v) is 1.13. The number of ether oxygens (including phenoxy) is 1. The fourth-order valence-electron chi connectivity index (χ4n) is 1.05. The van der Waals surface area contributed by atoms with Crippen LogP contribution < -0.4 is 4.74 Å². The largest absolute Gasteiger partial charge is 0.493 e. The van der Waals surface area contributed by atoms with Crippen molar-refractivity contribution in [3.63, 3.8) is 0 Å². The molecule has 1 aromatic carbocycles. The van der Waals surface area contributed by atoms with Crippen molar-refractivity contribution in [1.82, 2.24) is 0 Å². The van der Waals surface area contributed by atoms with E-state index >= 15 is 0 Å². The van der Waals surface area contributed by atoms with Gasteiger partial charge in [0.05, 0.1) is 12.2 Å². The molecule has 0 aromatic heterocycles. The predicted octanol–water partition coefficient (Wildman–Crippen LogP) is 3.96. The number of hydrogen-bond donors (Lipinski definition) is 0. The van der Waals surface area contributed by atoms with Gasteiger partial charge in [-0.1, -0.05) is 13.0 Å². The second-order valence-electron chi connectivity index (χ2n) is 3.60. The number of rotatable bonds is 4. The average Bonchev–Trinajstić information content (AvgIpc) is 2.25. The van der Waals surface area contributed by atoms with Crippen LogP contribution in [-0.2, 0) is 6.18 Å². The van der Waals surface area contributed by atoms with Crippen molar-refractivity contribution < 1.29 is 17.9 Å². The SMILES string of the molecule is CC(CCl)COc1cccc(C(F)(F)F)c1. The molecule has 0 saturated heterocycles. The summed E-state index contributed by atoms with van der Waals surface area (Å²) in [5, 5.41) is 0. The first-order valence-electron chi connectivity index (χ1n) is 4.79. The van der Waals surface area contributed by atoms with Crippen molar-refractivity contribution in [2.75, 3.05) is 12.5 Å². The van der Waals surface area contributed by atoms with E-state index in [0.29, 0.717) is 12.5 Å². The molecule has 0 aliphatic rings. The predicted molar refractivity (Wildman–Crippen MR) is 56.8 cm³/mol. The maximum Gasteiger partial charge on any atom is 0.416 e. The highest BCUT2D eigenvalue weighted by Gasteiger charge is 2.30. The molecule has 0 spiro atoms. The van der Waals surface area contributed by atoms with Gasteiger partial charge in [0, 0.05) is 11.8 Å². The zero-order valence-corrected chi connectivity index (χ0v) is 9.48. The van der Waals surface area contributed by atoms with Gasteiger partial charge in [0.25, 0.3) is 0 Å². The van der Waals surface area contributed by atoms with Crippen LogP contribution in [0.15, 0.2) is 24.3 Å². The molecular weight excluding hydrogens is 241 g/mol. The molecule has 0 aliphatic heterocycles. The Morgan fingerprint density at radius 3 is 2.62 bits per heavy atom. The lowest BCUT2D eigenvalue weighted by molar-refractivity contribution is -0.137. The summed E-state index contributed by atoms with van der Waals surface area (Å²) in [4.78, 5) is 0. The van der Waals surface area contributed by atoms with Crippen molar-refractivity contribution in [3.8, 4) is 5.75 Å². The van der Waals surface area contributed by atoms with E-state index in [9.17, 15) is 13.2 Å². The van der Waals surface area contributed by atoms with E-state index in [-0.39, 0.29) is 11.7 Å². The zero-order valence-electron chi connectivity index (χ0n) is 8.72. The van der Waals surface area contributed by atoms with Gasteiger partial charge in [0.1, 0.15) is 5.75 Å². The number of benzene rings is 1. The van der Waals surface area contributed by atoms with Crippen molar-refractivity contribution in [2.45, 2.75) is 13.1 Å². The Hall–Kier alpha value is -0.900. The number of alkyl halides is 4. The Morgan fingerprint density at radius 2 is 2.06 bits per heavy atom. The first kappa shape index (κ1) is 13.2. The number of hydrogen-bond acceptors (Lipinski definition) is 1. The van der Waals surface area contributed by atoms with Crippen LogP contribution in [0.3, 0.4) is 0 Å². The Kier molecular flexibility index (Phi) is 4.47. The zero-order chi connectivity index (χ0) is 12.2. The molecule has 0 radical (unpaired) electrons. The molecule has 0 bridgehead atoms. The standard InChI is InChI=1S/C11H12ClF3O/c1-8(6-12)7-16-10-4-2-3-9(5-10)11(13,14)15/h2-5,8H,6-7H2,1H3. The molecule has 0 saturated carbocycles. The van der Waals surface area contributed by atoms with Crippen molar-refractivity contribution >= 4 is 11.6 Å². The summed E-state index contributed by atoms with van der Waals surface area (Å²) in [7, 11) is 0. The van der Waals surface area contributed by atoms with E-state index in [1.165, 1.54) is 12.1 Å². The van der Waals surface area contributed by atoms with Crippen LogP contribution in [0.1, 0.15) is 12.5 Å². The highest BCUT2D eigenvalue weighted by molar-refractivity contribution is 6.18. The molecule has 90 valence electrons. The number of halogens is 4. The molecular formula is C11H12ClF3O. The Bertz CT molecular complexity index is 338. The maximum absolute atomic E-state index is 12.4. The highest BCUT2D eigenvalue weighted by atomic mass is 35.5. The van der Waals surface area contributed by atoms with E-state index in [2.05, 4.69) is 0 Å². The van der Waals surface area contributed by atoms with Gasteiger partial charge in [-0.25, -0.2) is 0 Å². The fraction of sp³-hybridized carbons (Fsp3) is 0.455. The van der Waals surface area contributed by atoms with E-state index in [1.807, 2.05) is 6.92 Å². The third-order valence-electron chi connectivity index (χ3n) is 1.96. The van der Waals surface area contributed by atoms with Crippen molar-refractivity contribution in [3.05, 3.63) is 29.8 Å². The van der Waals surface area contributed by atoms with Gasteiger partial charge in [-0.15, -0.1) is 11.6 Å².